The minimum Gasteiger partial charge on any atom is -0.481 e. The van der Waals surface area contributed by atoms with Crippen LogP contribution in [0.3, 0.4) is 0 Å². The van der Waals surface area contributed by atoms with Crippen LogP contribution in [0.2, 0.25) is 0 Å². The first-order valence-corrected chi connectivity index (χ1v) is 3.83. The zero-order valence-electron chi connectivity index (χ0n) is 6.55. The average Bonchev–Trinajstić information content (AvgIpc) is 2.43. The number of hydrogen-bond donors (Lipinski definition) is 1. The summed E-state index contributed by atoms with van der Waals surface area (Å²) in [5.74, 6) is -0.664. The van der Waals surface area contributed by atoms with E-state index in [-0.39, 0.29) is 11.3 Å². The summed E-state index contributed by atoms with van der Waals surface area (Å²) in [6, 6.07) is 0. The molecule has 0 saturated heterocycles. The molecule has 0 aromatic carbocycles. The van der Waals surface area contributed by atoms with Crippen LogP contribution in [0.15, 0.2) is 0 Å². The Morgan fingerprint density at radius 2 is 2.40 bits per heavy atom. The number of hydrogen-bond acceptors (Lipinski definition) is 1. The normalized spacial score (nSPS) is 37.6. The van der Waals surface area contributed by atoms with Crippen LogP contribution >= 0.6 is 0 Å². The van der Waals surface area contributed by atoms with Gasteiger partial charge < -0.3 is 5.11 Å². The predicted octanol–water partition coefficient (Wildman–Crippen LogP) is 1.90. The fourth-order valence-corrected chi connectivity index (χ4v) is 1.64. The number of carboxylic acids is 1. The highest BCUT2D eigenvalue weighted by Crippen LogP contribution is 2.55. The molecule has 1 N–H and O–H groups in total. The third kappa shape index (κ3) is 1.15. The maximum Gasteiger partial charge on any atom is 0.307 e. The lowest BCUT2D eigenvalue weighted by atomic mass is 10.0. The molecular weight excluding hydrogens is 128 g/mol. The largest absolute Gasteiger partial charge is 0.481 e. The standard InChI is InChI=1S/C8H14O2/c1-3-4-8(2)5-6(8)7(9)10/h6H,3-5H2,1-2H3,(H,9,10)/t6-,8+/m1/s1. The SMILES string of the molecule is CCC[C@@]1(C)C[C@@H]1C(=O)O. The van der Waals surface area contributed by atoms with Crippen LogP contribution in [0, 0.1) is 11.3 Å². The second-order valence-corrected chi connectivity index (χ2v) is 3.50. The first-order chi connectivity index (χ1) is 4.60. The molecule has 0 bridgehead atoms. The molecule has 0 radical (unpaired) electrons. The maximum absolute atomic E-state index is 10.5. The summed E-state index contributed by atoms with van der Waals surface area (Å²) in [5.41, 5.74) is 0.139. The van der Waals surface area contributed by atoms with E-state index in [9.17, 15) is 4.79 Å². The van der Waals surface area contributed by atoms with E-state index >= 15 is 0 Å². The Balaban J connectivity index is 2.40. The lowest BCUT2D eigenvalue weighted by Gasteiger charge is -2.05. The van der Waals surface area contributed by atoms with E-state index < -0.39 is 5.97 Å². The van der Waals surface area contributed by atoms with E-state index in [1.807, 2.05) is 0 Å². The van der Waals surface area contributed by atoms with Crippen molar-refractivity contribution in [2.45, 2.75) is 33.1 Å². The molecule has 1 aliphatic carbocycles. The van der Waals surface area contributed by atoms with Crippen molar-refractivity contribution in [3.63, 3.8) is 0 Å². The molecule has 0 aromatic heterocycles. The van der Waals surface area contributed by atoms with E-state index in [0.29, 0.717) is 0 Å². The number of aliphatic carboxylic acids is 1. The zero-order valence-corrected chi connectivity index (χ0v) is 6.55. The van der Waals surface area contributed by atoms with Crippen LogP contribution in [0.1, 0.15) is 33.1 Å². The lowest BCUT2D eigenvalue weighted by Crippen LogP contribution is -2.06. The highest BCUT2D eigenvalue weighted by atomic mass is 16.4. The molecule has 2 nitrogen and oxygen atoms in total. The molecule has 0 amide bonds. The van der Waals surface area contributed by atoms with Crippen LogP contribution in [0.5, 0.6) is 0 Å². The van der Waals surface area contributed by atoms with Gasteiger partial charge in [0, 0.05) is 0 Å². The Labute approximate surface area is 61.2 Å². The molecule has 2 heteroatoms. The van der Waals surface area contributed by atoms with Gasteiger partial charge in [0.25, 0.3) is 0 Å². The fraction of sp³-hybridized carbons (Fsp3) is 0.875. The van der Waals surface area contributed by atoms with E-state index in [4.69, 9.17) is 5.11 Å². The molecule has 1 aliphatic rings. The molecule has 58 valence electrons. The topological polar surface area (TPSA) is 37.3 Å². The Hall–Kier alpha value is -0.530. The monoisotopic (exact) mass is 142 g/mol. The first-order valence-electron chi connectivity index (χ1n) is 3.83. The minimum atomic E-state index is -0.615. The van der Waals surface area contributed by atoms with Crippen molar-refractivity contribution in [1.82, 2.24) is 0 Å². The summed E-state index contributed by atoms with van der Waals surface area (Å²) in [5, 5.41) is 8.62. The summed E-state index contributed by atoms with van der Waals surface area (Å²) in [4.78, 5) is 10.5. The summed E-state index contributed by atoms with van der Waals surface area (Å²) < 4.78 is 0. The molecule has 1 fully saturated rings. The van der Waals surface area contributed by atoms with Gasteiger partial charge in [-0.2, -0.15) is 0 Å². The second-order valence-electron chi connectivity index (χ2n) is 3.50. The molecule has 2 atom stereocenters. The quantitative estimate of drug-likeness (QED) is 0.653. The van der Waals surface area contributed by atoms with Crippen molar-refractivity contribution in [1.29, 1.82) is 0 Å². The first kappa shape index (κ1) is 7.58. The van der Waals surface area contributed by atoms with Crippen LogP contribution in [0.4, 0.5) is 0 Å². The summed E-state index contributed by atoms with van der Waals surface area (Å²) in [6.45, 7) is 4.16. The van der Waals surface area contributed by atoms with Gasteiger partial charge in [-0.3, -0.25) is 4.79 Å². The molecule has 0 aliphatic heterocycles. The molecular formula is C8H14O2. The van der Waals surface area contributed by atoms with Gasteiger partial charge in [0.15, 0.2) is 0 Å². The van der Waals surface area contributed by atoms with Gasteiger partial charge in [-0.25, -0.2) is 0 Å². The third-order valence-corrected chi connectivity index (χ3v) is 2.47. The van der Waals surface area contributed by atoms with E-state index in [2.05, 4.69) is 13.8 Å². The highest BCUT2D eigenvalue weighted by molar-refractivity contribution is 5.74. The van der Waals surface area contributed by atoms with Crippen molar-refractivity contribution in [3.05, 3.63) is 0 Å². The van der Waals surface area contributed by atoms with Crippen molar-refractivity contribution in [2.24, 2.45) is 11.3 Å². The lowest BCUT2D eigenvalue weighted by molar-refractivity contribution is -0.139. The molecule has 0 unspecified atom stereocenters. The van der Waals surface area contributed by atoms with Gasteiger partial charge >= 0.3 is 5.97 Å². The molecule has 0 heterocycles. The van der Waals surface area contributed by atoms with Gasteiger partial charge in [-0.15, -0.1) is 0 Å². The van der Waals surface area contributed by atoms with Gasteiger partial charge in [0.1, 0.15) is 0 Å². The number of carboxylic acid groups (broad SMARTS) is 1. The smallest absolute Gasteiger partial charge is 0.307 e. The van der Waals surface area contributed by atoms with E-state index in [1.165, 1.54) is 0 Å². The summed E-state index contributed by atoms with van der Waals surface area (Å²) in [7, 11) is 0. The third-order valence-electron chi connectivity index (χ3n) is 2.47. The van der Waals surface area contributed by atoms with Gasteiger partial charge in [0.05, 0.1) is 5.92 Å². The van der Waals surface area contributed by atoms with Crippen LogP contribution in [-0.4, -0.2) is 11.1 Å². The van der Waals surface area contributed by atoms with Gasteiger partial charge in [-0.05, 0) is 18.3 Å². The van der Waals surface area contributed by atoms with Crippen molar-refractivity contribution < 1.29 is 9.90 Å². The van der Waals surface area contributed by atoms with Crippen molar-refractivity contribution >= 4 is 5.97 Å². The van der Waals surface area contributed by atoms with Crippen molar-refractivity contribution in [3.8, 4) is 0 Å². The molecule has 1 rings (SSSR count). The fourth-order valence-electron chi connectivity index (χ4n) is 1.64. The predicted molar refractivity (Wildman–Crippen MR) is 38.8 cm³/mol. The minimum absolute atomic E-state index is 0.0487. The maximum atomic E-state index is 10.5. The van der Waals surface area contributed by atoms with Gasteiger partial charge in [0.2, 0.25) is 0 Å². The van der Waals surface area contributed by atoms with Crippen LogP contribution < -0.4 is 0 Å². The van der Waals surface area contributed by atoms with Gasteiger partial charge in [-0.1, -0.05) is 20.3 Å². The Morgan fingerprint density at radius 1 is 1.80 bits per heavy atom. The average molecular weight is 142 g/mol. The molecule has 0 spiro atoms. The summed E-state index contributed by atoms with van der Waals surface area (Å²) in [6.07, 6.45) is 3.04. The summed E-state index contributed by atoms with van der Waals surface area (Å²) >= 11 is 0. The van der Waals surface area contributed by atoms with Crippen LogP contribution in [-0.2, 0) is 4.79 Å². The Bertz CT molecular complexity index is 153. The molecule has 1 saturated carbocycles. The number of rotatable bonds is 3. The van der Waals surface area contributed by atoms with Crippen molar-refractivity contribution in [2.75, 3.05) is 0 Å². The second kappa shape index (κ2) is 2.26. The number of carbonyl (C=O) groups is 1. The highest BCUT2D eigenvalue weighted by Gasteiger charge is 2.53. The van der Waals surface area contributed by atoms with Crippen LogP contribution in [0.25, 0.3) is 0 Å². The van der Waals surface area contributed by atoms with E-state index in [1.54, 1.807) is 0 Å². The van der Waals surface area contributed by atoms with E-state index in [0.717, 1.165) is 19.3 Å². The molecule has 0 aromatic rings. The Morgan fingerprint density at radius 3 is 2.70 bits per heavy atom. The zero-order chi connectivity index (χ0) is 7.78. The Kier molecular flexibility index (Phi) is 1.71. The molecule has 10 heavy (non-hydrogen) atoms.